The van der Waals surface area contributed by atoms with Crippen molar-refractivity contribution in [3.8, 4) is 33.4 Å². The van der Waals surface area contributed by atoms with E-state index < -0.39 is 7.12 Å². The smallest absolute Gasteiger partial charge is 0.423 e. The van der Waals surface area contributed by atoms with Crippen LogP contribution < -0.4 is 25.1 Å². The van der Waals surface area contributed by atoms with Crippen molar-refractivity contribution in [2.45, 2.75) is 38.5 Å². The summed E-state index contributed by atoms with van der Waals surface area (Å²) in [6.45, 7) is 9.03. The van der Waals surface area contributed by atoms with Crippen LogP contribution in [0.1, 0.15) is 49.9 Å². The third-order valence-corrected chi connectivity index (χ3v) is 18.0. The molecule has 0 saturated heterocycles. The highest BCUT2D eigenvalue weighted by Crippen LogP contribution is 2.57. The third-order valence-electron chi connectivity index (χ3n) is 17.5. The van der Waals surface area contributed by atoms with Crippen molar-refractivity contribution in [1.82, 2.24) is 0 Å². The number of nitrogens with zero attached hydrogens (tertiary/aromatic N) is 4. The Bertz CT molecular complexity index is 4400. The van der Waals surface area contributed by atoms with Crippen molar-refractivity contribution in [3.63, 3.8) is 0 Å². The molecule has 0 bridgehead atoms. The molecule has 416 valence electrons. The predicted octanol–water partition coefficient (Wildman–Crippen LogP) is 20.3. The second kappa shape index (κ2) is 22.1. The molecule has 2 aliphatic carbocycles. The number of hydrogen-bond donors (Lipinski definition) is 2. The van der Waals surface area contributed by atoms with Gasteiger partial charge < -0.3 is 29.6 Å². The lowest BCUT2D eigenvalue weighted by Crippen LogP contribution is -2.31. The normalized spacial score (nSPS) is 13.8. The van der Waals surface area contributed by atoms with Crippen LogP contribution in [0.3, 0.4) is 0 Å². The summed E-state index contributed by atoms with van der Waals surface area (Å²) in [4.78, 5) is 9.41. The van der Waals surface area contributed by atoms with Gasteiger partial charge in [-0.05, 0) is 176 Å². The van der Waals surface area contributed by atoms with E-state index >= 15 is 0 Å². The molecule has 0 fully saturated rings. The third kappa shape index (κ3) is 9.38. The van der Waals surface area contributed by atoms with Gasteiger partial charge in [-0.1, -0.05) is 220 Å². The summed E-state index contributed by atoms with van der Waals surface area (Å²) in [5.74, 6) is 0. The van der Waals surface area contributed by atoms with Crippen molar-refractivity contribution in [2.24, 2.45) is 0 Å². The zero-order valence-corrected chi connectivity index (χ0v) is 49.9. The molecule has 0 unspecified atom stereocenters. The number of anilines is 12. The van der Waals surface area contributed by atoms with E-state index in [0.29, 0.717) is 5.46 Å². The second-order valence-electron chi connectivity index (χ2n) is 23.3. The van der Waals surface area contributed by atoms with Gasteiger partial charge in [0.25, 0.3) is 0 Å². The molecule has 8 heteroatoms. The Hall–Kier alpha value is -9.70. The number of halogens is 1. The Morgan fingerprint density at radius 3 is 0.953 bits per heavy atom. The van der Waals surface area contributed by atoms with Crippen LogP contribution in [0.4, 0.5) is 68.2 Å². The van der Waals surface area contributed by atoms with E-state index in [1.807, 2.05) is 24.3 Å². The van der Waals surface area contributed by atoms with Gasteiger partial charge in [0, 0.05) is 38.1 Å². The van der Waals surface area contributed by atoms with Gasteiger partial charge in [0.1, 0.15) is 0 Å². The maximum absolute atomic E-state index is 9.30. The first-order valence-corrected chi connectivity index (χ1v) is 30.1. The van der Waals surface area contributed by atoms with E-state index in [2.05, 4.69) is 324 Å². The topological polar surface area (TPSA) is 53.4 Å². The molecule has 0 amide bonds. The van der Waals surface area contributed by atoms with Gasteiger partial charge in [0.15, 0.2) is 0 Å². The minimum atomic E-state index is -1.41. The van der Waals surface area contributed by atoms with Crippen molar-refractivity contribution in [2.75, 3.05) is 19.6 Å². The molecule has 2 aliphatic heterocycles. The van der Waals surface area contributed by atoms with E-state index in [9.17, 15) is 10.0 Å². The molecule has 0 atom stereocenters. The predicted molar refractivity (Wildman–Crippen MR) is 363 cm³/mol. The van der Waals surface area contributed by atoms with Gasteiger partial charge in [0.2, 0.25) is 0 Å². The number of rotatable bonds is 6. The molecule has 12 aromatic rings. The van der Waals surface area contributed by atoms with Crippen LogP contribution in [0.25, 0.3) is 33.4 Å². The van der Waals surface area contributed by atoms with Crippen molar-refractivity contribution in [1.29, 1.82) is 0 Å². The Balaban J connectivity index is 0.000000124. The fourth-order valence-corrected chi connectivity index (χ4v) is 13.6. The standard InChI is InChI=1S/C39H30N2.C24H17BrN2.C15H15BO2/c1-39(2)33-15-7-6-14-31(33)32-25-22-28(26-34(32)39)27-20-23-30(24-21-27)41-37-18-10-8-16-35(37)40(29-12-4-3-5-13-29)36-17-9-11-19-38(36)41;25-18-14-16-20(17-15-18)27-23-12-6-4-10-21(23)26(19-8-2-1-3-9-19)22-11-5-7-13-24(22)27;1-15(2)13-6-4-3-5-11(13)12-8-7-10(16(17)18)9-14(12)15/h3-26H,1-2H3;1-17H;3-9,17-18H,1-2H3. The SMILES string of the molecule is Brc1ccc(N2c3ccccc3N(c3ccccc3)c3ccccc32)cc1.CC1(C)c2ccccc2-c2ccc(-c3ccc(N4c5ccccc5N(c5ccccc5)c5ccccc54)cc3)cc21.CC1(C)c2ccccc2-c2ccc(B(O)O)cc21. The van der Waals surface area contributed by atoms with Crippen LogP contribution in [-0.2, 0) is 10.8 Å². The number of fused-ring (bicyclic) bond motifs is 10. The monoisotopic (exact) mass is 1180 g/mol. The molecule has 4 aliphatic rings. The molecular weight excluding hydrogens is 1120 g/mol. The number of benzene rings is 12. The van der Waals surface area contributed by atoms with Crippen LogP contribution in [0, 0.1) is 0 Å². The first-order chi connectivity index (χ1) is 42.0. The van der Waals surface area contributed by atoms with Gasteiger partial charge in [-0.15, -0.1) is 0 Å². The van der Waals surface area contributed by atoms with Crippen LogP contribution in [0.5, 0.6) is 0 Å². The summed E-state index contributed by atoms with van der Waals surface area (Å²) in [6.07, 6.45) is 0. The molecule has 6 nitrogen and oxygen atoms in total. The lowest BCUT2D eigenvalue weighted by atomic mass is 9.75. The van der Waals surface area contributed by atoms with Crippen LogP contribution in [-0.4, -0.2) is 17.2 Å². The van der Waals surface area contributed by atoms with Crippen LogP contribution >= 0.6 is 15.9 Å². The van der Waals surface area contributed by atoms with Gasteiger partial charge in [-0.3, -0.25) is 0 Å². The molecule has 0 spiro atoms. The highest BCUT2D eigenvalue weighted by Gasteiger charge is 2.38. The van der Waals surface area contributed by atoms with Crippen molar-refractivity contribution < 1.29 is 10.0 Å². The Kier molecular flexibility index (Phi) is 13.9. The Morgan fingerprint density at radius 1 is 0.279 bits per heavy atom. The van der Waals surface area contributed by atoms with Crippen LogP contribution in [0.15, 0.2) is 296 Å². The Labute approximate surface area is 513 Å². The minimum Gasteiger partial charge on any atom is -0.423 e. The molecule has 12 aromatic carbocycles. The maximum atomic E-state index is 9.30. The maximum Gasteiger partial charge on any atom is 0.488 e. The van der Waals surface area contributed by atoms with Gasteiger partial charge >= 0.3 is 7.12 Å². The summed E-state index contributed by atoms with van der Waals surface area (Å²) in [6, 6.07) is 103. The average Bonchev–Trinajstić information content (AvgIpc) is 1.14. The van der Waals surface area contributed by atoms with E-state index in [0.717, 1.165) is 32.8 Å². The lowest BCUT2D eigenvalue weighted by Gasteiger charge is -2.40. The van der Waals surface area contributed by atoms with E-state index in [1.54, 1.807) is 6.07 Å². The van der Waals surface area contributed by atoms with E-state index in [1.165, 1.54) is 95.6 Å². The summed E-state index contributed by atoms with van der Waals surface area (Å²) in [5.41, 5.74) is 27.3. The molecule has 86 heavy (non-hydrogen) atoms. The molecule has 2 heterocycles. The molecule has 0 saturated carbocycles. The van der Waals surface area contributed by atoms with Gasteiger partial charge in [0.05, 0.1) is 45.5 Å². The summed E-state index contributed by atoms with van der Waals surface area (Å²) >= 11 is 3.55. The second-order valence-corrected chi connectivity index (χ2v) is 24.2. The minimum absolute atomic E-state index is 0.00622. The molecule has 0 radical (unpaired) electrons. The zero-order chi connectivity index (χ0) is 58.7. The largest absolute Gasteiger partial charge is 0.488 e. The zero-order valence-electron chi connectivity index (χ0n) is 48.4. The summed E-state index contributed by atoms with van der Waals surface area (Å²) in [5, 5.41) is 18.6. The summed E-state index contributed by atoms with van der Waals surface area (Å²) < 4.78 is 1.08. The molecule has 2 N–H and O–H groups in total. The van der Waals surface area contributed by atoms with Crippen molar-refractivity contribution >= 4 is 96.8 Å². The van der Waals surface area contributed by atoms with Crippen LogP contribution in [0.2, 0.25) is 0 Å². The van der Waals surface area contributed by atoms with E-state index in [-0.39, 0.29) is 10.8 Å². The van der Waals surface area contributed by atoms with E-state index in [4.69, 9.17) is 0 Å². The summed E-state index contributed by atoms with van der Waals surface area (Å²) in [7, 11) is -1.41. The van der Waals surface area contributed by atoms with Gasteiger partial charge in [-0.2, -0.15) is 0 Å². The fraction of sp³-hybridized carbons (Fsp3) is 0.0769. The Morgan fingerprint density at radius 2 is 0.570 bits per heavy atom. The number of para-hydroxylation sites is 10. The molecule has 0 aromatic heterocycles. The van der Waals surface area contributed by atoms with Gasteiger partial charge in [-0.25, -0.2) is 0 Å². The van der Waals surface area contributed by atoms with Crippen molar-refractivity contribution in [3.05, 3.63) is 318 Å². The highest BCUT2D eigenvalue weighted by atomic mass is 79.9. The first kappa shape index (κ1) is 54.3. The number of hydrogen-bond acceptors (Lipinski definition) is 6. The lowest BCUT2D eigenvalue weighted by molar-refractivity contribution is 0.425. The first-order valence-electron chi connectivity index (χ1n) is 29.3. The molecular formula is C78H62BBrN4O2. The quantitative estimate of drug-likeness (QED) is 0.162. The highest BCUT2D eigenvalue weighted by molar-refractivity contribution is 9.10. The molecule has 16 rings (SSSR count). The fourth-order valence-electron chi connectivity index (χ4n) is 13.3. The average molecular weight is 1180 g/mol.